The van der Waals surface area contributed by atoms with Crippen molar-refractivity contribution in [3.63, 3.8) is 0 Å². The van der Waals surface area contributed by atoms with Crippen molar-refractivity contribution in [2.24, 2.45) is 0 Å². The Morgan fingerprint density at radius 1 is 1.00 bits per heavy atom. The molecule has 0 amide bonds. The molecule has 0 unspecified atom stereocenters. The lowest BCUT2D eigenvalue weighted by molar-refractivity contribution is 0.281. The summed E-state index contributed by atoms with van der Waals surface area (Å²) in [4.78, 5) is 0. The van der Waals surface area contributed by atoms with Gasteiger partial charge in [0, 0.05) is 8.95 Å². The molecule has 0 radical (unpaired) electrons. The maximum absolute atomic E-state index is 9.13. The Bertz CT molecular complexity index is 586. The fourth-order valence-electron chi connectivity index (χ4n) is 1.82. The third-order valence-electron chi connectivity index (χ3n) is 2.84. The highest BCUT2D eigenvalue weighted by Crippen LogP contribution is 2.31. The highest BCUT2D eigenvalue weighted by atomic mass is 79.9. The van der Waals surface area contributed by atoms with Gasteiger partial charge in [0.25, 0.3) is 0 Å². The summed E-state index contributed by atoms with van der Waals surface area (Å²) in [6.07, 6.45) is 0. The van der Waals surface area contributed by atoms with Gasteiger partial charge in [0.15, 0.2) is 0 Å². The van der Waals surface area contributed by atoms with Crippen molar-refractivity contribution < 1.29 is 9.84 Å². The van der Waals surface area contributed by atoms with E-state index in [4.69, 9.17) is 9.84 Å². The number of ether oxygens (including phenoxy) is 1. The minimum Gasteiger partial charge on any atom is -0.457 e. The van der Waals surface area contributed by atoms with Crippen LogP contribution in [0.1, 0.15) is 16.7 Å². The van der Waals surface area contributed by atoms with E-state index in [2.05, 4.69) is 31.9 Å². The molecular weight excluding hydrogens is 372 g/mol. The van der Waals surface area contributed by atoms with Gasteiger partial charge in [-0.3, -0.25) is 0 Å². The third-order valence-corrected chi connectivity index (χ3v) is 4.83. The summed E-state index contributed by atoms with van der Waals surface area (Å²) in [5.41, 5.74) is 3.12. The molecule has 0 aliphatic heterocycles. The van der Waals surface area contributed by atoms with E-state index in [-0.39, 0.29) is 6.61 Å². The van der Waals surface area contributed by atoms with Crippen LogP contribution in [0.3, 0.4) is 0 Å². The van der Waals surface area contributed by atoms with Gasteiger partial charge >= 0.3 is 0 Å². The number of aliphatic hydroxyl groups excluding tert-OH is 1. The Morgan fingerprint density at radius 2 is 1.63 bits per heavy atom. The molecule has 0 spiro atoms. The van der Waals surface area contributed by atoms with Gasteiger partial charge in [-0.2, -0.15) is 0 Å². The summed E-state index contributed by atoms with van der Waals surface area (Å²) in [6.45, 7) is 4.08. The largest absolute Gasteiger partial charge is 0.457 e. The second kappa shape index (κ2) is 6.07. The van der Waals surface area contributed by atoms with Crippen molar-refractivity contribution in [1.82, 2.24) is 0 Å². The fourth-order valence-corrected chi connectivity index (χ4v) is 2.53. The van der Waals surface area contributed by atoms with Crippen LogP contribution in [-0.4, -0.2) is 5.11 Å². The van der Waals surface area contributed by atoms with Crippen molar-refractivity contribution in [1.29, 1.82) is 0 Å². The highest BCUT2D eigenvalue weighted by molar-refractivity contribution is 9.10. The monoisotopic (exact) mass is 384 g/mol. The van der Waals surface area contributed by atoms with Crippen molar-refractivity contribution in [2.45, 2.75) is 20.5 Å². The number of hydrogen-bond acceptors (Lipinski definition) is 2. The van der Waals surface area contributed by atoms with Crippen molar-refractivity contribution in [3.05, 3.63) is 56.0 Å². The van der Waals surface area contributed by atoms with Crippen LogP contribution in [0.25, 0.3) is 0 Å². The molecule has 0 fully saturated rings. The Labute approximate surface area is 129 Å². The topological polar surface area (TPSA) is 29.5 Å². The third kappa shape index (κ3) is 3.38. The summed E-state index contributed by atoms with van der Waals surface area (Å²) < 4.78 is 7.80. The highest BCUT2D eigenvalue weighted by Gasteiger charge is 2.06. The number of aliphatic hydroxyl groups is 1. The van der Waals surface area contributed by atoms with Gasteiger partial charge in [-0.25, -0.2) is 0 Å². The van der Waals surface area contributed by atoms with Crippen LogP contribution in [0.15, 0.2) is 39.3 Å². The van der Waals surface area contributed by atoms with Gasteiger partial charge in [0.2, 0.25) is 0 Å². The molecule has 0 aliphatic carbocycles. The predicted octanol–water partition coefficient (Wildman–Crippen LogP) is 5.11. The molecule has 0 saturated carbocycles. The van der Waals surface area contributed by atoms with Gasteiger partial charge in [0.1, 0.15) is 11.5 Å². The summed E-state index contributed by atoms with van der Waals surface area (Å²) in [7, 11) is 0. The van der Waals surface area contributed by atoms with Crippen LogP contribution < -0.4 is 4.74 Å². The van der Waals surface area contributed by atoms with Crippen molar-refractivity contribution >= 4 is 31.9 Å². The first-order chi connectivity index (χ1) is 9.01. The first kappa shape index (κ1) is 14.6. The zero-order valence-electron chi connectivity index (χ0n) is 10.7. The van der Waals surface area contributed by atoms with Gasteiger partial charge in [0.05, 0.1) is 6.61 Å². The van der Waals surface area contributed by atoms with Gasteiger partial charge < -0.3 is 9.84 Å². The minimum atomic E-state index is 0.0113. The molecule has 2 nitrogen and oxygen atoms in total. The minimum absolute atomic E-state index is 0.0113. The molecule has 2 aromatic carbocycles. The normalized spacial score (nSPS) is 10.6. The second-order valence-electron chi connectivity index (χ2n) is 4.38. The van der Waals surface area contributed by atoms with Crippen LogP contribution in [-0.2, 0) is 6.61 Å². The zero-order chi connectivity index (χ0) is 14.0. The van der Waals surface area contributed by atoms with Crippen LogP contribution in [0, 0.1) is 13.8 Å². The number of rotatable bonds is 3. The maximum Gasteiger partial charge on any atom is 0.128 e. The quantitative estimate of drug-likeness (QED) is 0.795. The average molecular weight is 386 g/mol. The zero-order valence-corrected chi connectivity index (χ0v) is 13.9. The summed E-state index contributed by atoms with van der Waals surface area (Å²) in [5.74, 6) is 1.55. The van der Waals surface area contributed by atoms with E-state index in [1.54, 1.807) is 0 Å². The Morgan fingerprint density at radius 3 is 2.16 bits per heavy atom. The molecule has 2 rings (SSSR count). The van der Waals surface area contributed by atoms with Crippen LogP contribution in [0.2, 0.25) is 0 Å². The first-order valence-electron chi connectivity index (χ1n) is 5.85. The molecule has 100 valence electrons. The van der Waals surface area contributed by atoms with E-state index in [1.165, 1.54) is 0 Å². The van der Waals surface area contributed by atoms with E-state index in [0.29, 0.717) is 0 Å². The number of aryl methyl sites for hydroxylation is 2. The molecule has 0 bridgehead atoms. The molecule has 0 saturated heterocycles. The number of hydrogen-bond donors (Lipinski definition) is 1. The van der Waals surface area contributed by atoms with Gasteiger partial charge in [-0.15, -0.1) is 0 Å². The summed E-state index contributed by atoms with van der Waals surface area (Å²) >= 11 is 6.95. The number of halogens is 2. The molecule has 0 aromatic heterocycles. The molecular formula is C15H14Br2O2. The standard InChI is InChI=1S/C15H14Br2O2/c1-9-5-13(6-10(2)15(9)17)19-12-4-3-11(8-18)14(16)7-12/h3-7,18H,8H2,1-2H3. The van der Waals surface area contributed by atoms with Gasteiger partial charge in [-0.05, 0) is 54.8 Å². The Balaban J connectivity index is 2.29. The van der Waals surface area contributed by atoms with Crippen molar-refractivity contribution in [3.8, 4) is 11.5 Å². The molecule has 2 aromatic rings. The van der Waals surface area contributed by atoms with Crippen LogP contribution in [0.5, 0.6) is 11.5 Å². The summed E-state index contributed by atoms with van der Waals surface area (Å²) in [5, 5.41) is 9.13. The molecule has 0 heterocycles. The molecule has 19 heavy (non-hydrogen) atoms. The van der Waals surface area contributed by atoms with Crippen molar-refractivity contribution in [2.75, 3.05) is 0 Å². The SMILES string of the molecule is Cc1cc(Oc2ccc(CO)c(Br)c2)cc(C)c1Br. The predicted molar refractivity (Wildman–Crippen MR) is 83.8 cm³/mol. The maximum atomic E-state index is 9.13. The molecule has 0 aliphatic rings. The van der Waals surface area contributed by atoms with Crippen LogP contribution >= 0.6 is 31.9 Å². The lowest BCUT2D eigenvalue weighted by Gasteiger charge is -2.11. The lowest BCUT2D eigenvalue weighted by atomic mass is 10.1. The fraction of sp³-hybridized carbons (Fsp3) is 0.200. The lowest BCUT2D eigenvalue weighted by Crippen LogP contribution is -1.90. The van der Waals surface area contributed by atoms with Crippen LogP contribution in [0.4, 0.5) is 0 Å². The Kier molecular flexibility index (Phi) is 4.66. The van der Waals surface area contributed by atoms with E-state index in [0.717, 1.165) is 37.1 Å². The van der Waals surface area contributed by atoms with E-state index in [9.17, 15) is 0 Å². The Hall–Kier alpha value is -0.840. The second-order valence-corrected chi connectivity index (χ2v) is 6.03. The molecule has 1 N–H and O–H groups in total. The van der Waals surface area contributed by atoms with E-state index in [1.807, 2.05) is 44.2 Å². The van der Waals surface area contributed by atoms with E-state index >= 15 is 0 Å². The summed E-state index contributed by atoms with van der Waals surface area (Å²) in [6, 6.07) is 9.54. The van der Waals surface area contributed by atoms with E-state index < -0.39 is 0 Å². The van der Waals surface area contributed by atoms with Gasteiger partial charge in [-0.1, -0.05) is 37.9 Å². The number of benzene rings is 2. The first-order valence-corrected chi connectivity index (χ1v) is 7.43. The smallest absolute Gasteiger partial charge is 0.128 e. The molecule has 4 heteroatoms. The average Bonchev–Trinajstić information content (AvgIpc) is 2.36. The molecule has 0 atom stereocenters.